The van der Waals surface area contributed by atoms with Crippen LogP contribution in [-0.4, -0.2) is 21.9 Å². The third-order valence-corrected chi connectivity index (χ3v) is 5.67. The quantitative estimate of drug-likeness (QED) is 0.213. The highest BCUT2D eigenvalue weighted by atomic mass is 79.9. The standard InChI is InChI=1S/C22H16BrFN2O2S/c23-15-9-11-16(12-10-15)28-13-14-29-22-25-19-7-3-1-5-17(19)21(27)26(22)20-8-4-2-6-18(20)24/h1-12H,13-14H2. The van der Waals surface area contributed by atoms with Crippen LogP contribution in [0.4, 0.5) is 4.39 Å². The Kier molecular flexibility index (Phi) is 5.97. The molecule has 0 aliphatic rings. The Labute approximate surface area is 179 Å². The van der Waals surface area contributed by atoms with Crippen molar-refractivity contribution < 1.29 is 9.13 Å². The van der Waals surface area contributed by atoms with E-state index in [1.807, 2.05) is 30.3 Å². The van der Waals surface area contributed by atoms with Gasteiger partial charge in [-0.05, 0) is 48.5 Å². The number of thioether (sulfide) groups is 1. The topological polar surface area (TPSA) is 44.1 Å². The molecule has 0 radical (unpaired) electrons. The molecule has 0 saturated heterocycles. The van der Waals surface area contributed by atoms with Crippen LogP contribution in [0.5, 0.6) is 5.75 Å². The van der Waals surface area contributed by atoms with Gasteiger partial charge in [-0.15, -0.1) is 0 Å². The van der Waals surface area contributed by atoms with Gasteiger partial charge in [-0.25, -0.2) is 9.37 Å². The molecule has 0 aliphatic carbocycles. The normalized spacial score (nSPS) is 11.0. The molecule has 4 nitrogen and oxygen atoms in total. The summed E-state index contributed by atoms with van der Waals surface area (Å²) in [7, 11) is 0. The molecular formula is C22H16BrFN2O2S. The van der Waals surface area contributed by atoms with Crippen molar-refractivity contribution in [1.82, 2.24) is 9.55 Å². The molecule has 0 bridgehead atoms. The van der Waals surface area contributed by atoms with Gasteiger partial charge in [-0.2, -0.15) is 0 Å². The maximum Gasteiger partial charge on any atom is 0.266 e. The number of rotatable bonds is 6. The minimum absolute atomic E-state index is 0.187. The van der Waals surface area contributed by atoms with E-state index in [4.69, 9.17) is 4.74 Å². The Bertz CT molecular complexity index is 1210. The van der Waals surface area contributed by atoms with Crippen LogP contribution in [0.25, 0.3) is 16.6 Å². The summed E-state index contributed by atoms with van der Waals surface area (Å²) in [5, 5.41) is 0.879. The molecule has 0 atom stereocenters. The van der Waals surface area contributed by atoms with E-state index in [1.54, 1.807) is 36.4 Å². The van der Waals surface area contributed by atoms with Gasteiger partial charge in [0.15, 0.2) is 5.16 Å². The smallest absolute Gasteiger partial charge is 0.266 e. The Morgan fingerprint density at radius 3 is 2.52 bits per heavy atom. The van der Waals surface area contributed by atoms with Crippen LogP contribution in [-0.2, 0) is 0 Å². The van der Waals surface area contributed by atoms with Gasteiger partial charge < -0.3 is 4.74 Å². The van der Waals surface area contributed by atoms with Gasteiger partial charge in [-0.1, -0.05) is 52.0 Å². The van der Waals surface area contributed by atoms with Crippen LogP contribution in [0.2, 0.25) is 0 Å². The van der Waals surface area contributed by atoms with Crippen LogP contribution in [0.15, 0.2) is 87.2 Å². The number of ether oxygens (including phenoxy) is 1. The fourth-order valence-corrected chi connectivity index (χ4v) is 3.96. The molecule has 0 N–H and O–H groups in total. The third-order valence-electron chi connectivity index (χ3n) is 4.24. The zero-order valence-corrected chi connectivity index (χ0v) is 17.6. The van der Waals surface area contributed by atoms with E-state index in [-0.39, 0.29) is 11.2 Å². The lowest BCUT2D eigenvalue weighted by Crippen LogP contribution is -2.23. The maximum atomic E-state index is 14.5. The predicted octanol–water partition coefficient (Wildman–Crippen LogP) is 5.46. The first-order chi connectivity index (χ1) is 14.1. The molecule has 4 aromatic rings. The summed E-state index contributed by atoms with van der Waals surface area (Å²) in [4.78, 5) is 17.7. The lowest BCUT2D eigenvalue weighted by Gasteiger charge is -2.14. The van der Waals surface area contributed by atoms with E-state index in [1.165, 1.54) is 22.4 Å². The van der Waals surface area contributed by atoms with Gasteiger partial charge in [0.2, 0.25) is 0 Å². The van der Waals surface area contributed by atoms with E-state index in [0.717, 1.165) is 10.2 Å². The zero-order chi connectivity index (χ0) is 20.2. The van der Waals surface area contributed by atoms with Crippen LogP contribution in [0.1, 0.15) is 0 Å². The van der Waals surface area contributed by atoms with Gasteiger partial charge in [-0.3, -0.25) is 9.36 Å². The number of para-hydroxylation sites is 2. The molecule has 0 unspecified atom stereocenters. The van der Waals surface area contributed by atoms with Crippen LogP contribution in [0, 0.1) is 5.82 Å². The fraction of sp³-hybridized carbons (Fsp3) is 0.0909. The van der Waals surface area contributed by atoms with Crippen molar-refractivity contribution in [3.63, 3.8) is 0 Å². The Morgan fingerprint density at radius 2 is 1.72 bits per heavy atom. The number of hydrogen-bond donors (Lipinski definition) is 0. The van der Waals surface area contributed by atoms with Crippen LogP contribution in [0.3, 0.4) is 0 Å². The minimum atomic E-state index is -0.473. The lowest BCUT2D eigenvalue weighted by atomic mass is 10.2. The van der Waals surface area contributed by atoms with E-state index >= 15 is 0 Å². The molecule has 29 heavy (non-hydrogen) atoms. The average Bonchev–Trinajstić information content (AvgIpc) is 2.74. The van der Waals surface area contributed by atoms with Crippen molar-refractivity contribution in [2.45, 2.75) is 5.16 Å². The van der Waals surface area contributed by atoms with Crippen molar-refractivity contribution in [2.75, 3.05) is 12.4 Å². The molecule has 3 aromatic carbocycles. The first-order valence-electron chi connectivity index (χ1n) is 8.91. The molecule has 0 saturated carbocycles. The SMILES string of the molecule is O=c1c2ccccc2nc(SCCOc2ccc(Br)cc2)n1-c1ccccc1F. The molecule has 0 spiro atoms. The summed E-state index contributed by atoms with van der Waals surface area (Å²) in [6.07, 6.45) is 0. The third kappa shape index (κ3) is 4.36. The molecule has 0 amide bonds. The van der Waals surface area contributed by atoms with E-state index in [0.29, 0.717) is 28.4 Å². The van der Waals surface area contributed by atoms with E-state index < -0.39 is 5.82 Å². The van der Waals surface area contributed by atoms with Crippen molar-refractivity contribution in [3.8, 4) is 11.4 Å². The number of halogens is 2. The van der Waals surface area contributed by atoms with Gasteiger partial charge in [0.05, 0.1) is 23.2 Å². The Morgan fingerprint density at radius 1 is 1.00 bits per heavy atom. The predicted molar refractivity (Wildman–Crippen MR) is 118 cm³/mol. The van der Waals surface area contributed by atoms with E-state index in [9.17, 15) is 9.18 Å². The second-order valence-electron chi connectivity index (χ2n) is 6.15. The molecule has 0 aliphatic heterocycles. The highest BCUT2D eigenvalue weighted by Crippen LogP contribution is 2.23. The van der Waals surface area contributed by atoms with Gasteiger partial charge >= 0.3 is 0 Å². The summed E-state index contributed by atoms with van der Waals surface area (Å²) in [6, 6.07) is 20.9. The Hall–Kier alpha value is -2.64. The highest BCUT2D eigenvalue weighted by Gasteiger charge is 2.15. The highest BCUT2D eigenvalue weighted by molar-refractivity contribution is 9.10. The summed E-state index contributed by atoms with van der Waals surface area (Å²) < 4.78 is 22.5. The Balaban J connectivity index is 1.64. The van der Waals surface area contributed by atoms with Crippen molar-refractivity contribution in [3.05, 3.63) is 93.4 Å². The number of benzene rings is 3. The maximum absolute atomic E-state index is 14.5. The molecule has 1 heterocycles. The van der Waals surface area contributed by atoms with E-state index in [2.05, 4.69) is 20.9 Å². The van der Waals surface area contributed by atoms with Crippen molar-refractivity contribution in [1.29, 1.82) is 0 Å². The lowest BCUT2D eigenvalue weighted by molar-refractivity contribution is 0.344. The monoisotopic (exact) mass is 470 g/mol. The largest absolute Gasteiger partial charge is 0.493 e. The van der Waals surface area contributed by atoms with Crippen molar-refractivity contribution >= 4 is 38.6 Å². The molecular weight excluding hydrogens is 455 g/mol. The van der Waals surface area contributed by atoms with Crippen molar-refractivity contribution in [2.24, 2.45) is 0 Å². The van der Waals surface area contributed by atoms with Crippen LogP contribution < -0.4 is 10.3 Å². The molecule has 7 heteroatoms. The fourth-order valence-electron chi connectivity index (χ4n) is 2.88. The van der Waals surface area contributed by atoms with Gasteiger partial charge in [0, 0.05) is 10.2 Å². The first-order valence-corrected chi connectivity index (χ1v) is 10.7. The summed E-state index contributed by atoms with van der Waals surface area (Å²) in [5.74, 6) is 0.835. The number of aromatic nitrogens is 2. The summed E-state index contributed by atoms with van der Waals surface area (Å²) in [6.45, 7) is 0.423. The molecule has 4 rings (SSSR count). The molecule has 1 aromatic heterocycles. The first kappa shape index (κ1) is 19.7. The second-order valence-corrected chi connectivity index (χ2v) is 8.13. The van der Waals surface area contributed by atoms with Gasteiger partial charge in [0.25, 0.3) is 5.56 Å². The minimum Gasteiger partial charge on any atom is -0.493 e. The second kappa shape index (κ2) is 8.80. The summed E-state index contributed by atoms with van der Waals surface area (Å²) in [5.41, 5.74) is 0.477. The summed E-state index contributed by atoms with van der Waals surface area (Å²) >= 11 is 4.74. The molecule has 146 valence electrons. The number of hydrogen-bond acceptors (Lipinski definition) is 4. The average molecular weight is 471 g/mol. The molecule has 0 fully saturated rings. The number of nitrogens with zero attached hydrogens (tertiary/aromatic N) is 2. The number of fused-ring (bicyclic) bond motifs is 1. The zero-order valence-electron chi connectivity index (χ0n) is 15.2. The van der Waals surface area contributed by atoms with Gasteiger partial charge in [0.1, 0.15) is 11.6 Å². The van der Waals surface area contributed by atoms with Crippen LogP contribution >= 0.6 is 27.7 Å².